The smallest absolute Gasteiger partial charge is 0.239 e. The summed E-state index contributed by atoms with van der Waals surface area (Å²) in [4.78, 5) is 15.0. The number of fused-ring (bicyclic) bond motifs is 2. The van der Waals surface area contributed by atoms with Gasteiger partial charge in [0.15, 0.2) is 0 Å². The second-order valence-electron chi connectivity index (χ2n) is 10.5. The quantitative estimate of drug-likeness (QED) is 0.693. The van der Waals surface area contributed by atoms with Crippen molar-refractivity contribution < 1.29 is 14.3 Å². The highest BCUT2D eigenvalue weighted by molar-refractivity contribution is 6.30. The van der Waals surface area contributed by atoms with E-state index in [1.165, 1.54) is 12.8 Å². The number of aliphatic hydroxyl groups is 1. The van der Waals surface area contributed by atoms with Crippen molar-refractivity contribution in [2.45, 2.75) is 25.0 Å². The second-order valence-corrected chi connectivity index (χ2v) is 11.0. The van der Waals surface area contributed by atoms with Crippen molar-refractivity contribution in [3.8, 4) is 0 Å². The summed E-state index contributed by atoms with van der Waals surface area (Å²) in [7, 11) is 0. The van der Waals surface area contributed by atoms with E-state index < -0.39 is 5.60 Å². The van der Waals surface area contributed by atoms with Gasteiger partial charge in [0.2, 0.25) is 5.91 Å². The summed E-state index contributed by atoms with van der Waals surface area (Å²) >= 11 is 6.20. The number of nitrogens with one attached hydrogen (secondary N) is 1. The molecule has 5 nitrogen and oxygen atoms in total. The van der Waals surface area contributed by atoms with Gasteiger partial charge in [-0.1, -0.05) is 17.7 Å². The van der Waals surface area contributed by atoms with Crippen molar-refractivity contribution in [2.75, 3.05) is 18.0 Å². The van der Waals surface area contributed by atoms with Crippen LogP contribution < -0.4 is 10.2 Å². The lowest BCUT2D eigenvalue weighted by Crippen LogP contribution is -2.59. The van der Waals surface area contributed by atoms with Crippen LogP contribution in [0.5, 0.6) is 0 Å². The zero-order chi connectivity index (χ0) is 20.9. The molecule has 31 heavy (non-hydrogen) atoms. The summed E-state index contributed by atoms with van der Waals surface area (Å²) in [6.07, 6.45) is 4.31. The molecule has 2 aromatic rings. The summed E-state index contributed by atoms with van der Waals surface area (Å²) in [5.41, 5.74) is 0.181. The zero-order valence-corrected chi connectivity index (χ0v) is 18.0. The Morgan fingerprint density at radius 2 is 1.97 bits per heavy atom. The van der Waals surface area contributed by atoms with Gasteiger partial charge < -0.3 is 19.7 Å². The number of carbonyl (C=O) groups is 1. The zero-order valence-electron chi connectivity index (χ0n) is 17.3. The highest BCUT2D eigenvalue weighted by atomic mass is 35.5. The first-order valence-electron chi connectivity index (χ1n) is 11.6. The molecule has 162 valence electrons. The average Bonchev–Trinajstić information content (AvgIpc) is 3.44. The Hall–Kier alpha value is -1.98. The highest BCUT2D eigenvalue weighted by Crippen LogP contribution is 2.85. The molecule has 2 bridgehead atoms. The van der Waals surface area contributed by atoms with Crippen LogP contribution in [0.25, 0.3) is 0 Å². The number of rotatable bonds is 7. The first kappa shape index (κ1) is 18.6. The van der Waals surface area contributed by atoms with Gasteiger partial charge in [-0.25, -0.2) is 0 Å². The minimum absolute atomic E-state index is 0.0710. The molecule has 5 aliphatic carbocycles. The van der Waals surface area contributed by atoms with E-state index in [-0.39, 0.29) is 12.5 Å². The van der Waals surface area contributed by atoms with Crippen LogP contribution in [-0.4, -0.2) is 29.7 Å². The van der Waals surface area contributed by atoms with Crippen molar-refractivity contribution in [2.24, 2.45) is 47.3 Å². The topological polar surface area (TPSA) is 65.7 Å². The highest BCUT2D eigenvalue weighted by Gasteiger charge is 2.84. The standard InChI is InChI=1S/C25H27ClN2O3/c26-13-3-1-4-14(7-13)28(10-15-5-2-6-31-15)11-20(29)27-12-25(30)23-17-9-18-21-16(17)8-19(23)22(21)24(18)25/h1-7,16-19,21-24,30H,8-12H2,(H,27,29). The summed E-state index contributed by atoms with van der Waals surface area (Å²) in [5.74, 6) is 6.19. The SMILES string of the molecule is O=C(CN(Cc1ccco1)c1cccc(Cl)c1)NCC1(O)C2C3CC4C5C3CC2C5C41. The van der Waals surface area contributed by atoms with E-state index in [0.29, 0.717) is 47.7 Å². The van der Waals surface area contributed by atoms with Gasteiger partial charge in [0.05, 0.1) is 25.0 Å². The van der Waals surface area contributed by atoms with E-state index in [2.05, 4.69) is 5.32 Å². The van der Waals surface area contributed by atoms with Gasteiger partial charge in [-0.05, 0) is 90.5 Å². The van der Waals surface area contributed by atoms with Gasteiger partial charge in [0, 0.05) is 17.3 Å². The molecule has 5 aliphatic rings. The molecule has 1 aromatic heterocycles. The molecule has 1 amide bonds. The van der Waals surface area contributed by atoms with Gasteiger partial charge in [-0.2, -0.15) is 0 Å². The Labute approximate surface area is 186 Å². The number of hydrogen-bond donors (Lipinski definition) is 2. The minimum Gasteiger partial charge on any atom is -0.467 e. The summed E-state index contributed by atoms with van der Waals surface area (Å²) in [6.45, 7) is 1.07. The van der Waals surface area contributed by atoms with Gasteiger partial charge in [-0.3, -0.25) is 4.79 Å². The Balaban J connectivity index is 1.07. The molecule has 1 heterocycles. The lowest BCUT2D eigenvalue weighted by atomic mass is 9.56. The van der Waals surface area contributed by atoms with Crippen LogP contribution in [0.2, 0.25) is 5.02 Å². The van der Waals surface area contributed by atoms with Crippen LogP contribution in [0.15, 0.2) is 47.1 Å². The molecule has 5 saturated carbocycles. The molecule has 0 saturated heterocycles. The van der Waals surface area contributed by atoms with E-state index in [9.17, 15) is 9.90 Å². The number of furan rings is 1. The van der Waals surface area contributed by atoms with Crippen LogP contribution in [0.4, 0.5) is 5.69 Å². The Morgan fingerprint density at radius 3 is 2.77 bits per heavy atom. The van der Waals surface area contributed by atoms with Gasteiger partial charge in [-0.15, -0.1) is 0 Å². The van der Waals surface area contributed by atoms with Crippen molar-refractivity contribution in [1.29, 1.82) is 0 Å². The van der Waals surface area contributed by atoms with Crippen molar-refractivity contribution in [3.63, 3.8) is 0 Å². The van der Waals surface area contributed by atoms with Crippen LogP contribution in [0.3, 0.4) is 0 Å². The number of benzene rings is 1. The molecular weight excluding hydrogens is 412 g/mol. The number of amides is 1. The van der Waals surface area contributed by atoms with Crippen molar-refractivity contribution in [3.05, 3.63) is 53.4 Å². The van der Waals surface area contributed by atoms with Gasteiger partial charge in [0.1, 0.15) is 5.76 Å². The Bertz CT molecular complexity index is 1040. The summed E-state index contributed by atoms with van der Waals surface area (Å²) < 4.78 is 5.51. The molecule has 7 rings (SSSR count). The molecule has 0 spiro atoms. The Morgan fingerprint density at radius 1 is 1.13 bits per heavy atom. The first-order valence-corrected chi connectivity index (χ1v) is 11.9. The van der Waals surface area contributed by atoms with E-state index >= 15 is 0 Å². The van der Waals surface area contributed by atoms with Crippen molar-refractivity contribution >= 4 is 23.2 Å². The molecular formula is C25H27ClN2O3. The van der Waals surface area contributed by atoms with Crippen molar-refractivity contribution in [1.82, 2.24) is 5.32 Å². The van der Waals surface area contributed by atoms with E-state index in [4.69, 9.17) is 16.0 Å². The van der Waals surface area contributed by atoms with Gasteiger partial charge in [0.25, 0.3) is 0 Å². The van der Waals surface area contributed by atoms with Gasteiger partial charge >= 0.3 is 0 Å². The predicted octanol–water partition coefficient (Wildman–Crippen LogP) is 3.56. The van der Waals surface area contributed by atoms with E-state index in [0.717, 1.165) is 29.2 Å². The molecule has 6 heteroatoms. The fraction of sp³-hybridized carbons (Fsp3) is 0.560. The third-order valence-electron chi connectivity index (χ3n) is 9.52. The summed E-state index contributed by atoms with van der Waals surface area (Å²) in [6, 6.07) is 11.3. The van der Waals surface area contributed by atoms with Crippen LogP contribution in [0, 0.1) is 47.3 Å². The predicted molar refractivity (Wildman–Crippen MR) is 116 cm³/mol. The number of halogens is 1. The molecule has 9 unspecified atom stereocenters. The second kappa shape index (κ2) is 6.29. The fourth-order valence-electron chi connectivity index (χ4n) is 8.93. The monoisotopic (exact) mass is 438 g/mol. The fourth-order valence-corrected chi connectivity index (χ4v) is 9.12. The first-order chi connectivity index (χ1) is 15.0. The third-order valence-corrected chi connectivity index (χ3v) is 9.76. The number of hydrogen-bond acceptors (Lipinski definition) is 4. The lowest BCUT2D eigenvalue weighted by molar-refractivity contribution is -0.136. The molecule has 9 atom stereocenters. The average molecular weight is 439 g/mol. The number of carbonyl (C=O) groups excluding carboxylic acids is 1. The largest absolute Gasteiger partial charge is 0.467 e. The van der Waals surface area contributed by atoms with E-state index in [1.807, 2.05) is 41.3 Å². The molecule has 1 aromatic carbocycles. The van der Waals surface area contributed by atoms with Crippen LogP contribution >= 0.6 is 11.6 Å². The molecule has 2 N–H and O–H groups in total. The minimum atomic E-state index is -0.692. The van der Waals surface area contributed by atoms with Crippen LogP contribution in [0.1, 0.15) is 18.6 Å². The van der Waals surface area contributed by atoms with Crippen LogP contribution in [-0.2, 0) is 11.3 Å². The molecule has 0 radical (unpaired) electrons. The maximum Gasteiger partial charge on any atom is 0.239 e. The maximum atomic E-state index is 13.0. The number of anilines is 1. The van der Waals surface area contributed by atoms with E-state index in [1.54, 1.807) is 6.26 Å². The summed E-state index contributed by atoms with van der Waals surface area (Å²) in [5, 5.41) is 15.5. The lowest BCUT2D eigenvalue weighted by Gasteiger charge is -2.51. The maximum absolute atomic E-state index is 13.0. The normalized spacial score (nSPS) is 42.3. The Kier molecular flexibility index (Phi) is 3.77. The molecule has 5 fully saturated rings. The molecule has 0 aliphatic heterocycles. The number of nitrogens with zero attached hydrogens (tertiary/aromatic N) is 1. The third kappa shape index (κ3) is 2.39.